The smallest absolute Gasteiger partial charge is 0.264 e. The van der Waals surface area contributed by atoms with Crippen molar-refractivity contribution in [3.8, 4) is 0 Å². The maximum atomic E-state index is 14.6. The van der Waals surface area contributed by atoms with Gasteiger partial charge in [0.25, 0.3) is 10.0 Å². The predicted molar refractivity (Wildman–Crippen MR) is 151 cm³/mol. The molecule has 0 fully saturated rings. The Labute approximate surface area is 230 Å². The largest absolute Gasteiger partial charge is 0.354 e. The van der Waals surface area contributed by atoms with E-state index in [0.717, 1.165) is 9.87 Å². The lowest BCUT2D eigenvalue weighted by Gasteiger charge is -2.32. The zero-order chi connectivity index (χ0) is 28.7. The van der Waals surface area contributed by atoms with Gasteiger partial charge in [0.15, 0.2) is 0 Å². The number of hydrogen-bond acceptors (Lipinski definition) is 4. The Morgan fingerprint density at radius 3 is 2.13 bits per heavy atom. The second-order valence-electron chi connectivity index (χ2n) is 10.0. The Kier molecular flexibility index (Phi) is 9.86. The Morgan fingerprint density at radius 2 is 1.51 bits per heavy atom. The molecule has 2 amide bonds. The molecule has 0 aliphatic rings. The number of nitrogens with one attached hydrogen (secondary N) is 1. The second kappa shape index (κ2) is 12.9. The number of amides is 2. The number of sulfonamides is 1. The highest BCUT2D eigenvalue weighted by atomic mass is 32.2. The van der Waals surface area contributed by atoms with Crippen LogP contribution in [0.2, 0.25) is 0 Å². The van der Waals surface area contributed by atoms with E-state index in [-0.39, 0.29) is 22.9 Å². The van der Waals surface area contributed by atoms with Gasteiger partial charge in [0.2, 0.25) is 11.8 Å². The molecule has 208 valence electrons. The number of nitrogens with zero attached hydrogens (tertiary/aromatic N) is 2. The summed E-state index contributed by atoms with van der Waals surface area (Å²) < 4.78 is 43.4. The number of halogens is 1. The zero-order valence-corrected chi connectivity index (χ0v) is 23.8. The molecule has 0 saturated heterocycles. The molecule has 1 N–H and O–H groups in total. The molecule has 3 aromatic rings. The summed E-state index contributed by atoms with van der Waals surface area (Å²) >= 11 is 0. The van der Waals surface area contributed by atoms with Crippen LogP contribution in [0.3, 0.4) is 0 Å². The number of rotatable bonds is 11. The van der Waals surface area contributed by atoms with Crippen LogP contribution in [0.1, 0.15) is 37.5 Å². The van der Waals surface area contributed by atoms with E-state index in [9.17, 15) is 22.4 Å². The van der Waals surface area contributed by atoms with Crippen molar-refractivity contribution in [2.75, 3.05) is 17.4 Å². The van der Waals surface area contributed by atoms with E-state index in [2.05, 4.69) is 5.32 Å². The van der Waals surface area contributed by atoms with Crippen molar-refractivity contribution in [3.63, 3.8) is 0 Å². The van der Waals surface area contributed by atoms with Crippen LogP contribution in [-0.4, -0.2) is 44.3 Å². The Morgan fingerprint density at radius 1 is 0.897 bits per heavy atom. The van der Waals surface area contributed by atoms with Crippen LogP contribution in [0.25, 0.3) is 0 Å². The van der Waals surface area contributed by atoms with Gasteiger partial charge in [-0.15, -0.1) is 0 Å². The molecule has 3 rings (SSSR count). The molecule has 0 radical (unpaired) electrons. The van der Waals surface area contributed by atoms with E-state index >= 15 is 0 Å². The Bertz CT molecular complexity index is 1410. The molecule has 39 heavy (non-hydrogen) atoms. The van der Waals surface area contributed by atoms with Crippen LogP contribution in [0, 0.1) is 25.6 Å². The van der Waals surface area contributed by atoms with Crippen LogP contribution in [-0.2, 0) is 26.2 Å². The van der Waals surface area contributed by atoms with Gasteiger partial charge in [-0.1, -0.05) is 67.9 Å². The predicted octanol–water partition coefficient (Wildman–Crippen LogP) is 4.83. The molecule has 0 bridgehead atoms. The lowest BCUT2D eigenvalue weighted by molar-refractivity contribution is -0.139. The molecule has 7 nitrogen and oxygen atoms in total. The minimum atomic E-state index is -4.16. The third kappa shape index (κ3) is 7.44. The summed E-state index contributed by atoms with van der Waals surface area (Å²) in [6.07, 6.45) is 0. The summed E-state index contributed by atoms with van der Waals surface area (Å²) in [5.41, 5.74) is 2.11. The minimum absolute atomic E-state index is 0.0348. The normalized spacial score (nSPS) is 12.2. The highest BCUT2D eigenvalue weighted by Crippen LogP contribution is 2.27. The lowest BCUT2D eigenvalue weighted by atomic mass is 10.1. The van der Waals surface area contributed by atoms with E-state index in [1.807, 2.05) is 20.8 Å². The summed E-state index contributed by atoms with van der Waals surface area (Å²) in [6.45, 7) is 8.70. The topological polar surface area (TPSA) is 86.8 Å². The number of carbonyl (C=O) groups is 2. The van der Waals surface area contributed by atoms with E-state index in [1.54, 1.807) is 56.3 Å². The van der Waals surface area contributed by atoms with Gasteiger partial charge in [0.05, 0.1) is 10.6 Å². The summed E-state index contributed by atoms with van der Waals surface area (Å²) in [4.78, 5) is 28.1. The average Bonchev–Trinajstić information content (AvgIpc) is 2.90. The van der Waals surface area contributed by atoms with Crippen molar-refractivity contribution in [2.45, 2.75) is 52.1 Å². The minimum Gasteiger partial charge on any atom is -0.354 e. The third-order valence-corrected chi connectivity index (χ3v) is 8.20. The molecular formula is C30H36FN3O4S. The molecule has 0 spiro atoms. The van der Waals surface area contributed by atoms with Crippen LogP contribution in [0.4, 0.5) is 10.1 Å². The fraction of sp³-hybridized carbons (Fsp3) is 0.333. The molecule has 0 heterocycles. The summed E-state index contributed by atoms with van der Waals surface area (Å²) in [7, 11) is -4.16. The fourth-order valence-corrected chi connectivity index (χ4v) is 5.52. The quantitative estimate of drug-likeness (QED) is 0.369. The molecule has 1 atom stereocenters. The average molecular weight is 554 g/mol. The number of para-hydroxylation sites is 1. The first-order valence-electron chi connectivity index (χ1n) is 12.9. The van der Waals surface area contributed by atoms with E-state index in [0.29, 0.717) is 17.8 Å². The lowest BCUT2D eigenvalue weighted by Crippen LogP contribution is -2.51. The molecule has 0 unspecified atom stereocenters. The maximum absolute atomic E-state index is 14.6. The van der Waals surface area contributed by atoms with E-state index < -0.39 is 40.2 Å². The Balaban J connectivity index is 2.03. The van der Waals surface area contributed by atoms with Gasteiger partial charge in [-0.3, -0.25) is 13.9 Å². The first-order valence-corrected chi connectivity index (χ1v) is 14.3. The van der Waals surface area contributed by atoms with E-state index in [1.165, 1.54) is 35.2 Å². The molecule has 9 heteroatoms. The monoisotopic (exact) mass is 553 g/mol. The summed E-state index contributed by atoms with van der Waals surface area (Å²) in [5.74, 6) is -1.37. The SMILES string of the molecule is Cc1ccc(S(=O)(=O)N(CC(=O)N(Cc2ccccc2F)[C@@H](C)C(=O)NCC(C)C)c2ccccc2C)cc1. The first-order chi connectivity index (χ1) is 18.4. The molecular weight excluding hydrogens is 517 g/mol. The number of benzene rings is 3. The molecule has 0 aliphatic heterocycles. The molecule has 0 aromatic heterocycles. The van der Waals surface area contributed by atoms with Gasteiger partial charge >= 0.3 is 0 Å². The van der Waals surface area contributed by atoms with Crippen LogP contribution in [0.15, 0.2) is 77.7 Å². The van der Waals surface area contributed by atoms with Gasteiger partial charge in [-0.2, -0.15) is 0 Å². The number of carbonyl (C=O) groups excluding carboxylic acids is 2. The van der Waals surface area contributed by atoms with Crippen molar-refractivity contribution < 1.29 is 22.4 Å². The van der Waals surface area contributed by atoms with Gasteiger partial charge in [-0.05, 0) is 56.5 Å². The highest BCUT2D eigenvalue weighted by molar-refractivity contribution is 7.92. The third-order valence-electron chi connectivity index (χ3n) is 6.42. The first kappa shape index (κ1) is 29.8. The van der Waals surface area contributed by atoms with Crippen molar-refractivity contribution in [2.24, 2.45) is 5.92 Å². The molecule has 0 saturated carbocycles. The second-order valence-corrected chi connectivity index (χ2v) is 11.9. The van der Waals surface area contributed by atoms with Crippen molar-refractivity contribution in [1.82, 2.24) is 10.2 Å². The number of aryl methyl sites for hydroxylation is 2. The number of hydrogen-bond donors (Lipinski definition) is 1. The fourth-order valence-electron chi connectivity index (χ4n) is 4.04. The van der Waals surface area contributed by atoms with Gasteiger partial charge in [0, 0.05) is 18.7 Å². The maximum Gasteiger partial charge on any atom is 0.264 e. The van der Waals surface area contributed by atoms with Crippen molar-refractivity contribution in [3.05, 3.63) is 95.3 Å². The van der Waals surface area contributed by atoms with Gasteiger partial charge in [-0.25, -0.2) is 12.8 Å². The Hall–Kier alpha value is -3.72. The van der Waals surface area contributed by atoms with Crippen LogP contribution in [0.5, 0.6) is 0 Å². The summed E-state index contributed by atoms with van der Waals surface area (Å²) in [5, 5.41) is 2.81. The van der Waals surface area contributed by atoms with Crippen molar-refractivity contribution in [1.29, 1.82) is 0 Å². The summed E-state index contributed by atoms with van der Waals surface area (Å²) in [6, 6.07) is 18.3. The standard InChI is InChI=1S/C30H36FN3O4S/c1-21(2)18-32-30(36)24(5)33(19-25-11-7-8-12-27(25)31)29(35)20-34(28-13-9-6-10-23(28)4)39(37,38)26-16-14-22(3)15-17-26/h6-17,21,24H,18-20H2,1-5H3,(H,32,36)/t24-/m0/s1. The molecule has 0 aliphatic carbocycles. The van der Waals surface area contributed by atoms with Crippen LogP contribution < -0.4 is 9.62 Å². The van der Waals surface area contributed by atoms with E-state index in [4.69, 9.17) is 0 Å². The van der Waals surface area contributed by atoms with Crippen LogP contribution >= 0.6 is 0 Å². The zero-order valence-electron chi connectivity index (χ0n) is 23.0. The van der Waals surface area contributed by atoms with Gasteiger partial charge < -0.3 is 10.2 Å². The highest BCUT2D eigenvalue weighted by Gasteiger charge is 2.33. The number of anilines is 1. The van der Waals surface area contributed by atoms with Gasteiger partial charge in [0.1, 0.15) is 18.4 Å². The van der Waals surface area contributed by atoms with Crippen molar-refractivity contribution >= 4 is 27.5 Å². The molecule has 3 aromatic carbocycles.